The van der Waals surface area contributed by atoms with Gasteiger partial charge in [-0.25, -0.2) is 0 Å². The van der Waals surface area contributed by atoms with Crippen molar-refractivity contribution in [3.8, 4) is 0 Å². The first-order valence-electron chi connectivity index (χ1n) is 4.83. The average molecular weight is 185 g/mol. The SMILES string of the molecule is COC1(C)CCC(C(N)=O)C(C)C1. The molecule has 1 amide bonds. The summed E-state index contributed by atoms with van der Waals surface area (Å²) in [6, 6.07) is 0. The molecule has 3 nitrogen and oxygen atoms in total. The second kappa shape index (κ2) is 3.66. The maximum atomic E-state index is 11.0. The van der Waals surface area contributed by atoms with Gasteiger partial charge in [0.25, 0.3) is 0 Å². The number of carbonyl (C=O) groups is 1. The van der Waals surface area contributed by atoms with Crippen molar-refractivity contribution in [1.82, 2.24) is 0 Å². The fourth-order valence-corrected chi connectivity index (χ4v) is 2.28. The molecule has 0 aromatic heterocycles. The van der Waals surface area contributed by atoms with Crippen molar-refractivity contribution in [2.75, 3.05) is 7.11 Å². The van der Waals surface area contributed by atoms with Gasteiger partial charge in [-0.15, -0.1) is 0 Å². The Bertz CT molecular complexity index is 205. The van der Waals surface area contributed by atoms with Crippen LogP contribution in [0.15, 0.2) is 0 Å². The zero-order valence-electron chi connectivity index (χ0n) is 8.67. The molecule has 3 atom stereocenters. The van der Waals surface area contributed by atoms with Crippen LogP contribution in [0.25, 0.3) is 0 Å². The van der Waals surface area contributed by atoms with Crippen LogP contribution in [0.1, 0.15) is 33.1 Å². The number of hydrogen-bond acceptors (Lipinski definition) is 2. The number of amides is 1. The second-order valence-electron chi connectivity index (χ2n) is 4.38. The van der Waals surface area contributed by atoms with Crippen LogP contribution in [0.3, 0.4) is 0 Å². The summed E-state index contributed by atoms with van der Waals surface area (Å²) in [4.78, 5) is 11.0. The monoisotopic (exact) mass is 185 g/mol. The van der Waals surface area contributed by atoms with Gasteiger partial charge in [-0.05, 0) is 32.1 Å². The first kappa shape index (κ1) is 10.5. The van der Waals surface area contributed by atoms with Crippen LogP contribution in [-0.2, 0) is 9.53 Å². The minimum atomic E-state index is -0.161. The fourth-order valence-electron chi connectivity index (χ4n) is 2.28. The molecule has 0 heterocycles. The third kappa shape index (κ3) is 2.21. The molecule has 0 radical (unpaired) electrons. The van der Waals surface area contributed by atoms with E-state index in [2.05, 4.69) is 13.8 Å². The van der Waals surface area contributed by atoms with Crippen molar-refractivity contribution in [3.05, 3.63) is 0 Å². The van der Waals surface area contributed by atoms with Crippen molar-refractivity contribution in [2.24, 2.45) is 17.6 Å². The first-order valence-corrected chi connectivity index (χ1v) is 4.83. The predicted octanol–water partition coefficient (Wildman–Crippen LogP) is 1.31. The Morgan fingerprint density at radius 1 is 1.62 bits per heavy atom. The van der Waals surface area contributed by atoms with Crippen LogP contribution >= 0.6 is 0 Å². The van der Waals surface area contributed by atoms with Crippen LogP contribution in [0, 0.1) is 11.8 Å². The smallest absolute Gasteiger partial charge is 0.220 e. The molecule has 1 rings (SSSR count). The maximum absolute atomic E-state index is 11.0. The van der Waals surface area contributed by atoms with Crippen LogP contribution in [-0.4, -0.2) is 18.6 Å². The van der Waals surface area contributed by atoms with Crippen LogP contribution in [0.2, 0.25) is 0 Å². The summed E-state index contributed by atoms with van der Waals surface area (Å²) in [7, 11) is 1.73. The normalized spacial score (nSPS) is 40.2. The van der Waals surface area contributed by atoms with Crippen molar-refractivity contribution in [1.29, 1.82) is 0 Å². The Kier molecular flexibility index (Phi) is 2.96. The van der Waals surface area contributed by atoms with Gasteiger partial charge in [0.15, 0.2) is 0 Å². The van der Waals surface area contributed by atoms with Gasteiger partial charge in [-0.3, -0.25) is 4.79 Å². The number of nitrogens with two attached hydrogens (primary N) is 1. The predicted molar refractivity (Wildman–Crippen MR) is 51.1 cm³/mol. The third-order valence-electron chi connectivity index (χ3n) is 3.28. The van der Waals surface area contributed by atoms with E-state index < -0.39 is 0 Å². The summed E-state index contributed by atoms with van der Waals surface area (Å²) in [5, 5.41) is 0. The zero-order chi connectivity index (χ0) is 10.1. The molecule has 0 saturated heterocycles. The molecule has 0 aliphatic heterocycles. The van der Waals surface area contributed by atoms with Crippen LogP contribution in [0.5, 0.6) is 0 Å². The second-order valence-corrected chi connectivity index (χ2v) is 4.38. The number of primary amides is 1. The molecule has 3 unspecified atom stereocenters. The number of carbonyl (C=O) groups excluding carboxylic acids is 1. The van der Waals surface area contributed by atoms with Gasteiger partial charge < -0.3 is 10.5 Å². The van der Waals surface area contributed by atoms with Crippen molar-refractivity contribution >= 4 is 5.91 Å². The van der Waals surface area contributed by atoms with E-state index in [1.807, 2.05) is 0 Å². The highest BCUT2D eigenvalue weighted by atomic mass is 16.5. The van der Waals surface area contributed by atoms with Crippen LogP contribution in [0.4, 0.5) is 0 Å². The Morgan fingerprint density at radius 3 is 2.62 bits per heavy atom. The highest BCUT2D eigenvalue weighted by Crippen LogP contribution is 2.37. The van der Waals surface area contributed by atoms with Gasteiger partial charge in [-0.1, -0.05) is 6.92 Å². The summed E-state index contributed by atoms with van der Waals surface area (Å²) in [6.45, 7) is 4.17. The highest BCUT2D eigenvalue weighted by molar-refractivity contribution is 5.77. The quantitative estimate of drug-likeness (QED) is 0.705. The number of hydrogen-bond donors (Lipinski definition) is 1. The summed E-state index contributed by atoms with van der Waals surface area (Å²) >= 11 is 0. The summed E-state index contributed by atoms with van der Waals surface area (Å²) in [6.07, 6.45) is 2.72. The Balaban J connectivity index is 2.61. The van der Waals surface area contributed by atoms with Gasteiger partial charge in [0, 0.05) is 13.0 Å². The lowest BCUT2D eigenvalue weighted by Gasteiger charge is -2.39. The Morgan fingerprint density at radius 2 is 2.23 bits per heavy atom. The standard InChI is InChI=1S/C10H19NO2/c1-7-6-10(2,13-3)5-4-8(7)9(11)12/h7-8H,4-6H2,1-3H3,(H2,11,12). The molecule has 1 aliphatic rings. The van der Waals surface area contributed by atoms with E-state index >= 15 is 0 Å². The molecule has 2 N–H and O–H groups in total. The van der Waals surface area contributed by atoms with Gasteiger partial charge in [0.2, 0.25) is 5.91 Å². The van der Waals surface area contributed by atoms with E-state index in [1.165, 1.54) is 0 Å². The molecular weight excluding hydrogens is 166 g/mol. The molecule has 0 bridgehead atoms. The van der Waals surface area contributed by atoms with Gasteiger partial charge in [-0.2, -0.15) is 0 Å². The van der Waals surface area contributed by atoms with E-state index in [0.29, 0.717) is 5.92 Å². The average Bonchev–Trinajstić information content (AvgIpc) is 2.03. The number of rotatable bonds is 2. The van der Waals surface area contributed by atoms with Gasteiger partial charge in [0.05, 0.1) is 5.60 Å². The minimum Gasteiger partial charge on any atom is -0.379 e. The van der Waals surface area contributed by atoms with E-state index in [4.69, 9.17) is 10.5 Å². The summed E-state index contributed by atoms with van der Waals surface area (Å²) < 4.78 is 5.42. The lowest BCUT2D eigenvalue weighted by atomic mass is 9.73. The number of methoxy groups -OCH3 is 1. The first-order chi connectivity index (χ1) is 5.98. The van der Waals surface area contributed by atoms with E-state index in [0.717, 1.165) is 19.3 Å². The highest BCUT2D eigenvalue weighted by Gasteiger charge is 2.37. The van der Waals surface area contributed by atoms with E-state index in [1.54, 1.807) is 7.11 Å². The molecule has 1 aliphatic carbocycles. The molecule has 1 saturated carbocycles. The van der Waals surface area contributed by atoms with Gasteiger partial charge in [0.1, 0.15) is 0 Å². The lowest BCUT2D eigenvalue weighted by molar-refractivity contribution is -0.128. The Hall–Kier alpha value is -0.570. The molecule has 1 fully saturated rings. The molecule has 13 heavy (non-hydrogen) atoms. The number of ether oxygens (including phenoxy) is 1. The topological polar surface area (TPSA) is 52.3 Å². The van der Waals surface area contributed by atoms with Gasteiger partial charge >= 0.3 is 0 Å². The van der Waals surface area contributed by atoms with Crippen LogP contribution < -0.4 is 5.73 Å². The van der Waals surface area contributed by atoms with Crippen molar-refractivity contribution < 1.29 is 9.53 Å². The van der Waals surface area contributed by atoms with Crippen molar-refractivity contribution in [3.63, 3.8) is 0 Å². The van der Waals surface area contributed by atoms with Crippen molar-refractivity contribution in [2.45, 2.75) is 38.7 Å². The zero-order valence-corrected chi connectivity index (χ0v) is 8.67. The lowest BCUT2D eigenvalue weighted by Crippen LogP contribution is -2.41. The van der Waals surface area contributed by atoms with E-state index in [-0.39, 0.29) is 17.4 Å². The molecular formula is C10H19NO2. The fraction of sp³-hybridized carbons (Fsp3) is 0.900. The largest absolute Gasteiger partial charge is 0.379 e. The maximum Gasteiger partial charge on any atom is 0.220 e. The summed E-state index contributed by atoms with van der Waals surface area (Å²) in [5.74, 6) is 0.227. The molecule has 3 heteroatoms. The molecule has 76 valence electrons. The van der Waals surface area contributed by atoms with E-state index in [9.17, 15) is 4.79 Å². The molecule has 0 aromatic rings. The molecule has 0 spiro atoms. The third-order valence-corrected chi connectivity index (χ3v) is 3.28. The Labute approximate surface area is 79.6 Å². The molecule has 0 aromatic carbocycles. The minimum absolute atomic E-state index is 0.0447. The summed E-state index contributed by atoms with van der Waals surface area (Å²) in [5.41, 5.74) is 5.26.